The summed E-state index contributed by atoms with van der Waals surface area (Å²) in [7, 11) is -1.39. The van der Waals surface area contributed by atoms with Crippen LogP contribution in [0.4, 0.5) is 0 Å². The van der Waals surface area contributed by atoms with Crippen molar-refractivity contribution in [1.82, 2.24) is 0 Å². The van der Waals surface area contributed by atoms with Crippen molar-refractivity contribution in [1.29, 1.82) is 0 Å². The molecule has 0 amide bonds. The Balaban J connectivity index is 3.55. The fraction of sp³-hybridized carbons (Fsp3) is 0.625. The Bertz CT molecular complexity index is 607. The molecule has 0 aliphatic carbocycles. The van der Waals surface area contributed by atoms with E-state index in [1.807, 2.05) is 12.1 Å². The van der Waals surface area contributed by atoms with E-state index in [1.54, 1.807) is 3.59 Å². The first-order valence-corrected chi connectivity index (χ1v) is 22.3. The van der Waals surface area contributed by atoms with E-state index in [4.69, 9.17) is 0 Å². The van der Waals surface area contributed by atoms with Crippen LogP contribution in [-0.4, -0.2) is 37.5 Å². The van der Waals surface area contributed by atoms with Crippen LogP contribution in [0.25, 0.3) is 3.59 Å². The molecule has 0 bridgehead atoms. The van der Waals surface area contributed by atoms with Gasteiger partial charge in [-0.05, 0) is 0 Å². The molecule has 1 aromatic rings. The number of carboxylic acid groups (broad SMARTS) is 1. The van der Waals surface area contributed by atoms with Crippen molar-refractivity contribution in [3.05, 3.63) is 41.1 Å². The fourth-order valence-corrected chi connectivity index (χ4v) is 27.3. The third kappa shape index (κ3) is 8.06. The Morgan fingerprint density at radius 2 is 1.25 bits per heavy atom. The zero-order valence-corrected chi connectivity index (χ0v) is 23.0. The second-order valence-electron chi connectivity index (χ2n) is 9.40. The fourth-order valence-electron chi connectivity index (χ4n) is 4.09. The quantitative estimate of drug-likeness (QED) is 0.273. The van der Waals surface area contributed by atoms with Crippen LogP contribution in [0, 0.1) is 0 Å². The number of hydrogen-bond acceptors (Lipinski definition) is 1. The molecule has 1 rings (SSSR count). The van der Waals surface area contributed by atoms with Crippen LogP contribution in [-0.2, 0) is 0 Å². The second-order valence-corrected chi connectivity index (χ2v) is 27.5. The van der Waals surface area contributed by atoms with Gasteiger partial charge in [-0.2, -0.15) is 0 Å². The van der Waals surface area contributed by atoms with E-state index in [9.17, 15) is 9.90 Å². The van der Waals surface area contributed by atoms with E-state index in [0.29, 0.717) is 5.56 Å². The van der Waals surface area contributed by atoms with Crippen molar-refractivity contribution in [3.8, 4) is 0 Å². The molecule has 0 heterocycles. The van der Waals surface area contributed by atoms with Gasteiger partial charge < -0.3 is 0 Å². The number of carboxylic acids is 1. The third-order valence-electron chi connectivity index (χ3n) is 5.62. The van der Waals surface area contributed by atoms with Crippen molar-refractivity contribution in [3.63, 3.8) is 0 Å². The molecule has 0 saturated heterocycles. The molecule has 4 heteroatoms. The third-order valence-corrected chi connectivity index (χ3v) is 23.3. The van der Waals surface area contributed by atoms with Crippen LogP contribution in [0.2, 0.25) is 33.0 Å². The normalized spacial score (nSPS) is 13.0. The summed E-state index contributed by atoms with van der Waals surface area (Å²) in [5.74, 6) is -0.833. The molecule has 158 valence electrons. The molecule has 2 nitrogen and oxygen atoms in total. The molecule has 0 fully saturated rings. The predicted molar refractivity (Wildman–Crippen MR) is 130 cm³/mol. The zero-order valence-electron chi connectivity index (χ0n) is 19.1. The van der Waals surface area contributed by atoms with Gasteiger partial charge in [0.2, 0.25) is 0 Å². The van der Waals surface area contributed by atoms with Crippen LogP contribution in [0.5, 0.6) is 0 Å². The Kier molecular flexibility index (Phi) is 11.1. The molecule has 0 aliphatic heterocycles. The SMILES string of the molecule is CCC[CH2][Sn]([CH2]CCC)([CH2]CCC)[C](=C[Si](C)(C)C)c1ccc(C(=O)O)cc1. The Morgan fingerprint density at radius 1 is 0.857 bits per heavy atom. The molecule has 28 heavy (non-hydrogen) atoms. The molecule has 0 spiro atoms. The van der Waals surface area contributed by atoms with Gasteiger partial charge in [0.15, 0.2) is 0 Å². The molecular weight excluding hydrogens is 467 g/mol. The standard InChI is InChI=1S/C12H15O2Si.3C4H9.Sn/c1-15(2,3)9-8-10-4-6-11(7-5-10)12(13)14;3*1-3-4-2;/h4-7,9H,1-3H3,(H,13,14);3*1,3-4H2,2H3;. The average Bonchev–Trinajstić information content (AvgIpc) is 2.65. The number of hydrogen-bond donors (Lipinski definition) is 1. The van der Waals surface area contributed by atoms with E-state index < -0.39 is 32.4 Å². The Hall–Kier alpha value is -0.554. The Morgan fingerprint density at radius 3 is 1.57 bits per heavy atom. The molecule has 1 aromatic carbocycles. The van der Waals surface area contributed by atoms with Crippen LogP contribution in [0.15, 0.2) is 30.0 Å². The van der Waals surface area contributed by atoms with Crippen LogP contribution in [0.3, 0.4) is 0 Å². The maximum atomic E-state index is 11.3. The summed E-state index contributed by atoms with van der Waals surface area (Å²) >= 11 is -2.58. The molecule has 1 N–H and O–H groups in total. The Labute approximate surface area is 178 Å². The first-order chi connectivity index (χ1) is 13.2. The molecular formula is C24H42O2SiSn. The molecule has 0 aromatic heterocycles. The van der Waals surface area contributed by atoms with Gasteiger partial charge >= 0.3 is 179 Å². The van der Waals surface area contributed by atoms with E-state index in [0.717, 1.165) is 0 Å². The van der Waals surface area contributed by atoms with Gasteiger partial charge in [0, 0.05) is 0 Å². The maximum absolute atomic E-state index is 11.3. The van der Waals surface area contributed by atoms with Crippen molar-refractivity contribution < 1.29 is 9.90 Å². The number of rotatable bonds is 13. The van der Waals surface area contributed by atoms with Gasteiger partial charge in [0.05, 0.1) is 0 Å². The van der Waals surface area contributed by atoms with E-state index >= 15 is 0 Å². The average molecular weight is 509 g/mol. The molecule has 0 radical (unpaired) electrons. The van der Waals surface area contributed by atoms with Crippen LogP contribution >= 0.6 is 0 Å². The van der Waals surface area contributed by atoms with Gasteiger partial charge in [-0.1, -0.05) is 0 Å². The topological polar surface area (TPSA) is 37.3 Å². The first-order valence-electron chi connectivity index (χ1n) is 11.3. The zero-order chi connectivity index (χ0) is 21.2. The summed E-state index contributed by atoms with van der Waals surface area (Å²) in [6, 6.07) is 7.83. The van der Waals surface area contributed by atoms with Gasteiger partial charge in [0.1, 0.15) is 0 Å². The summed E-state index contributed by atoms with van der Waals surface area (Å²) in [5.41, 5.74) is 4.42. The first kappa shape index (κ1) is 25.5. The molecule has 0 atom stereocenters. The van der Waals surface area contributed by atoms with E-state index in [1.165, 1.54) is 57.4 Å². The summed E-state index contributed by atoms with van der Waals surface area (Å²) in [5, 5.41) is 9.31. The van der Waals surface area contributed by atoms with Gasteiger partial charge in [0.25, 0.3) is 0 Å². The van der Waals surface area contributed by atoms with Gasteiger partial charge in [-0.15, -0.1) is 0 Å². The van der Waals surface area contributed by atoms with Gasteiger partial charge in [-0.3, -0.25) is 0 Å². The van der Waals surface area contributed by atoms with E-state index in [2.05, 4.69) is 58.2 Å². The van der Waals surface area contributed by atoms with E-state index in [-0.39, 0.29) is 0 Å². The molecule has 0 aliphatic rings. The monoisotopic (exact) mass is 510 g/mol. The number of aromatic carboxylic acids is 1. The van der Waals surface area contributed by atoms with Crippen molar-refractivity contribution >= 4 is 36.0 Å². The van der Waals surface area contributed by atoms with Gasteiger partial charge in [-0.25, -0.2) is 0 Å². The second kappa shape index (κ2) is 12.2. The predicted octanol–water partition coefficient (Wildman–Crippen LogP) is 8.03. The number of carbonyl (C=O) groups is 1. The summed E-state index contributed by atoms with van der Waals surface area (Å²) in [6.07, 6.45) is 7.86. The van der Waals surface area contributed by atoms with Crippen LogP contribution in [0.1, 0.15) is 75.2 Å². The van der Waals surface area contributed by atoms with Crippen molar-refractivity contribution in [2.24, 2.45) is 0 Å². The van der Waals surface area contributed by atoms with Crippen molar-refractivity contribution in [2.45, 2.75) is 92.2 Å². The minimum atomic E-state index is -2.58. The summed E-state index contributed by atoms with van der Waals surface area (Å²) in [6.45, 7) is 14.3. The minimum absolute atomic E-state index is 0.396. The number of benzene rings is 1. The number of unbranched alkanes of at least 4 members (excludes halogenated alkanes) is 3. The van der Waals surface area contributed by atoms with Crippen LogP contribution < -0.4 is 0 Å². The summed E-state index contributed by atoms with van der Waals surface area (Å²) in [4.78, 5) is 11.3. The summed E-state index contributed by atoms with van der Waals surface area (Å²) < 4.78 is 6.05. The molecule has 0 saturated carbocycles. The molecule has 0 unspecified atom stereocenters. The van der Waals surface area contributed by atoms with Crippen molar-refractivity contribution in [2.75, 3.05) is 0 Å².